The molecule has 0 aliphatic carbocycles. The highest BCUT2D eigenvalue weighted by atomic mass is 16.2. The Balaban J connectivity index is 3.09. The van der Waals surface area contributed by atoms with Crippen molar-refractivity contribution in [1.29, 1.82) is 0 Å². The third kappa shape index (κ3) is 3.93. The second-order valence-electron chi connectivity index (χ2n) is 4.98. The van der Waals surface area contributed by atoms with Gasteiger partial charge in [-0.1, -0.05) is 20.3 Å². The lowest BCUT2D eigenvalue weighted by molar-refractivity contribution is 0.0699. The normalized spacial score (nSPS) is 12.1. The van der Waals surface area contributed by atoms with Crippen LogP contribution >= 0.6 is 0 Å². The summed E-state index contributed by atoms with van der Waals surface area (Å²) in [6.07, 6.45) is 2.76. The Hall–Kier alpha value is -1.62. The number of hydrogen-bond acceptors (Lipinski definition) is 4. The van der Waals surface area contributed by atoms with Crippen molar-refractivity contribution in [3.63, 3.8) is 0 Å². The number of aryl methyl sites for hydroxylation is 1. The van der Waals surface area contributed by atoms with E-state index in [9.17, 15) is 4.79 Å². The molecule has 112 valence electrons. The van der Waals surface area contributed by atoms with Gasteiger partial charge in [-0.25, -0.2) is 10.8 Å². The highest BCUT2D eigenvalue weighted by molar-refractivity contribution is 5.95. The summed E-state index contributed by atoms with van der Waals surface area (Å²) in [5.41, 5.74) is 4.09. The van der Waals surface area contributed by atoms with Crippen molar-refractivity contribution in [2.24, 2.45) is 5.84 Å². The molecule has 1 aromatic heterocycles. The minimum atomic E-state index is 0.0399. The Bertz CT molecular complexity index is 447. The van der Waals surface area contributed by atoms with Gasteiger partial charge in [0.1, 0.15) is 5.82 Å². The lowest BCUT2D eigenvalue weighted by Crippen LogP contribution is -2.38. The second-order valence-corrected chi connectivity index (χ2v) is 4.98. The molecule has 0 aliphatic heterocycles. The van der Waals surface area contributed by atoms with Crippen molar-refractivity contribution in [1.82, 2.24) is 9.88 Å². The molecule has 0 saturated heterocycles. The van der Waals surface area contributed by atoms with Crippen LogP contribution < -0.4 is 11.3 Å². The van der Waals surface area contributed by atoms with Gasteiger partial charge in [0.25, 0.3) is 5.91 Å². The highest BCUT2D eigenvalue weighted by Crippen LogP contribution is 2.16. The summed E-state index contributed by atoms with van der Waals surface area (Å²) in [5, 5.41) is 0. The number of carbonyl (C=O) groups excluding carboxylic acids is 1. The Morgan fingerprint density at radius 1 is 1.40 bits per heavy atom. The van der Waals surface area contributed by atoms with Gasteiger partial charge in [-0.05, 0) is 38.8 Å². The minimum Gasteiger partial charge on any atom is -0.336 e. The van der Waals surface area contributed by atoms with Crippen LogP contribution in [-0.4, -0.2) is 28.4 Å². The van der Waals surface area contributed by atoms with Crippen LogP contribution in [0.1, 0.15) is 56.6 Å². The number of nitrogens with two attached hydrogens (primary N) is 1. The van der Waals surface area contributed by atoms with Gasteiger partial charge < -0.3 is 10.3 Å². The van der Waals surface area contributed by atoms with Crippen LogP contribution in [0.25, 0.3) is 0 Å². The van der Waals surface area contributed by atoms with E-state index in [1.807, 2.05) is 17.9 Å². The van der Waals surface area contributed by atoms with Gasteiger partial charge in [-0.2, -0.15) is 0 Å². The fourth-order valence-corrected chi connectivity index (χ4v) is 2.21. The highest BCUT2D eigenvalue weighted by Gasteiger charge is 2.20. The summed E-state index contributed by atoms with van der Waals surface area (Å²) >= 11 is 0. The summed E-state index contributed by atoms with van der Waals surface area (Å²) in [7, 11) is 0. The first-order valence-corrected chi connectivity index (χ1v) is 7.35. The third-order valence-corrected chi connectivity index (χ3v) is 3.50. The molecule has 20 heavy (non-hydrogen) atoms. The van der Waals surface area contributed by atoms with Gasteiger partial charge >= 0.3 is 0 Å². The number of amides is 1. The van der Waals surface area contributed by atoms with Crippen LogP contribution in [0.15, 0.2) is 12.1 Å². The van der Waals surface area contributed by atoms with Crippen LogP contribution in [0.2, 0.25) is 0 Å². The molecule has 1 aromatic rings. The van der Waals surface area contributed by atoms with E-state index < -0.39 is 0 Å². The Morgan fingerprint density at radius 3 is 2.60 bits per heavy atom. The number of rotatable bonds is 7. The molecule has 1 rings (SSSR count). The average Bonchev–Trinajstić information content (AvgIpc) is 2.47. The molecule has 0 bridgehead atoms. The molecule has 1 unspecified atom stereocenters. The van der Waals surface area contributed by atoms with Crippen molar-refractivity contribution in [2.45, 2.75) is 53.0 Å². The zero-order valence-electron chi connectivity index (χ0n) is 12.9. The van der Waals surface area contributed by atoms with Crippen LogP contribution in [-0.2, 0) is 6.42 Å². The number of pyridine rings is 1. The van der Waals surface area contributed by atoms with Gasteiger partial charge in [0.05, 0.1) is 0 Å². The predicted molar refractivity (Wildman–Crippen MR) is 82.5 cm³/mol. The van der Waals surface area contributed by atoms with Gasteiger partial charge in [0.2, 0.25) is 0 Å². The van der Waals surface area contributed by atoms with Gasteiger partial charge in [0, 0.05) is 23.8 Å². The predicted octanol–water partition coefficient (Wildman–Crippen LogP) is 2.58. The van der Waals surface area contributed by atoms with Crippen LogP contribution in [0.4, 0.5) is 5.82 Å². The lowest BCUT2D eigenvalue weighted by atomic mass is 10.1. The first kappa shape index (κ1) is 16.4. The third-order valence-electron chi connectivity index (χ3n) is 3.50. The molecule has 0 spiro atoms. The fourth-order valence-electron chi connectivity index (χ4n) is 2.21. The average molecular weight is 278 g/mol. The minimum absolute atomic E-state index is 0.0399. The molecule has 0 aromatic carbocycles. The summed E-state index contributed by atoms with van der Waals surface area (Å²) in [6, 6.07) is 3.81. The molecule has 0 fully saturated rings. The second kappa shape index (κ2) is 7.85. The maximum Gasteiger partial charge on any atom is 0.254 e. The maximum absolute atomic E-state index is 12.6. The number of anilines is 1. The molecule has 0 aliphatic rings. The van der Waals surface area contributed by atoms with E-state index in [1.54, 1.807) is 6.07 Å². The Kier molecular flexibility index (Phi) is 6.45. The SMILES string of the molecule is CCCc1cc(C(=O)N(CC)C(C)CC)cc(NN)n1. The largest absolute Gasteiger partial charge is 0.336 e. The molecule has 3 N–H and O–H groups in total. The number of nitrogens with one attached hydrogen (secondary N) is 1. The number of carbonyl (C=O) groups is 1. The summed E-state index contributed by atoms with van der Waals surface area (Å²) in [6.45, 7) is 8.94. The molecule has 5 heteroatoms. The molecule has 0 saturated carbocycles. The van der Waals surface area contributed by atoms with Gasteiger partial charge in [-0.15, -0.1) is 0 Å². The molecule has 5 nitrogen and oxygen atoms in total. The van der Waals surface area contributed by atoms with Crippen molar-refractivity contribution < 1.29 is 4.79 Å². The van der Waals surface area contributed by atoms with E-state index in [1.165, 1.54) is 0 Å². The van der Waals surface area contributed by atoms with E-state index in [0.29, 0.717) is 17.9 Å². The van der Waals surface area contributed by atoms with Gasteiger partial charge in [-0.3, -0.25) is 4.79 Å². The summed E-state index contributed by atoms with van der Waals surface area (Å²) in [4.78, 5) is 18.9. The van der Waals surface area contributed by atoms with Crippen molar-refractivity contribution >= 4 is 11.7 Å². The van der Waals surface area contributed by atoms with E-state index >= 15 is 0 Å². The molecular formula is C15H26N4O. The van der Waals surface area contributed by atoms with Crippen LogP contribution in [0.3, 0.4) is 0 Å². The first-order valence-electron chi connectivity index (χ1n) is 7.35. The van der Waals surface area contributed by atoms with Crippen LogP contribution in [0, 0.1) is 0 Å². The first-order chi connectivity index (χ1) is 9.57. The zero-order chi connectivity index (χ0) is 15.1. The Morgan fingerprint density at radius 2 is 2.10 bits per heavy atom. The summed E-state index contributed by atoms with van der Waals surface area (Å²) in [5.74, 6) is 6.02. The van der Waals surface area contributed by atoms with Crippen LogP contribution in [0.5, 0.6) is 0 Å². The number of hydrazine groups is 1. The van der Waals surface area contributed by atoms with Gasteiger partial charge in [0.15, 0.2) is 0 Å². The number of nitrogen functional groups attached to an aromatic ring is 1. The number of aromatic nitrogens is 1. The zero-order valence-corrected chi connectivity index (χ0v) is 12.9. The standard InChI is InChI=1S/C15H26N4O/c1-5-8-13-9-12(10-14(17-13)18-16)15(20)19(7-3)11(4)6-2/h9-11H,5-8,16H2,1-4H3,(H,17,18). The maximum atomic E-state index is 12.6. The molecule has 0 radical (unpaired) electrons. The van der Waals surface area contributed by atoms with E-state index in [0.717, 1.165) is 25.0 Å². The van der Waals surface area contributed by atoms with Crippen molar-refractivity contribution in [2.75, 3.05) is 12.0 Å². The van der Waals surface area contributed by atoms with Crippen molar-refractivity contribution in [3.8, 4) is 0 Å². The number of nitrogens with zero attached hydrogens (tertiary/aromatic N) is 2. The molecule has 1 heterocycles. The number of hydrogen-bond donors (Lipinski definition) is 2. The summed E-state index contributed by atoms with van der Waals surface area (Å²) < 4.78 is 0. The fraction of sp³-hybridized carbons (Fsp3) is 0.600. The topological polar surface area (TPSA) is 71.2 Å². The quantitative estimate of drug-likeness (QED) is 0.594. The molecule has 1 amide bonds. The van der Waals surface area contributed by atoms with E-state index in [4.69, 9.17) is 5.84 Å². The smallest absolute Gasteiger partial charge is 0.254 e. The molecule has 1 atom stereocenters. The van der Waals surface area contributed by atoms with Crippen molar-refractivity contribution in [3.05, 3.63) is 23.4 Å². The molecular weight excluding hydrogens is 252 g/mol. The van der Waals surface area contributed by atoms with E-state index in [-0.39, 0.29) is 11.9 Å². The van der Waals surface area contributed by atoms with E-state index in [2.05, 4.69) is 31.2 Å². The monoisotopic (exact) mass is 278 g/mol. The Labute approximate surface area is 121 Å². The lowest BCUT2D eigenvalue weighted by Gasteiger charge is -2.27.